The van der Waals surface area contributed by atoms with Crippen LogP contribution in [0.3, 0.4) is 0 Å². The van der Waals surface area contributed by atoms with Crippen LogP contribution in [0.5, 0.6) is 0 Å². The maximum atomic E-state index is 12.5. The van der Waals surface area contributed by atoms with E-state index in [9.17, 15) is 9.00 Å². The van der Waals surface area contributed by atoms with Gasteiger partial charge < -0.3 is 19.5 Å². The first-order chi connectivity index (χ1) is 11.6. The van der Waals surface area contributed by atoms with Crippen molar-refractivity contribution in [2.45, 2.75) is 75.1 Å². The first-order valence-electron chi connectivity index (χ1n) is 9.28. The van der Waals surface area contributed by atoms with Crippen LogP contribution in [0.2, 0.25) is 5.82 Å². The van der Waals surface area contributed by atoms with E-state index in [1.807, 2.05) is 4.90 Å². The summed E-state index contributed by atoms with van der Waals surface area (Å²) in [5.74, 6) is 0.199. The van der Waals surface area contributed by atoms with Gasteiger partial charge in [-0.3, -0.25) is 4.21 Å². The minimum absolute atomic E-state index is 0.0595. The van der Waals surface area contributed by atoms with E-state index in [1.165, 1.54) is 0 Å². The number of amides is 2. The summed E-state index contributed by atoms with van der Waals surface area (Å²) in [6.45, 7) is 10.1. The van der Waals surface area contributed by atoms with Gasteiger partial charge in [-0.1, -0.05) is 6.42 Å². The van der Waals surface area contributed by atoms with E-state index in [0.717, 1.165) is 25.7 Å². The van der Waals surface area contributed by atoms with Crippen LogP contribution in [0.15, 0.2) is 0 Å². The highest BCUT2D eigenvalue weighted by Gasteiger charge is 2.54. The standard InChI is InChI=1S/C17H31BN2O4S/c1-15(2)16(3,4)24-18(23-15)13-7-10-20(11-13)14(21)19-12-17(25(5)22)8-6-9-17/h13H,6-12H2,1-5H3,(H,19,21). The molecule has 2 atom stereocenters. The molecule has 0 aromatic heterocycles. The van der Waals surface area contributed by atoms with Gasteiger partial charge in [-0.25, -0.2) is 4.79 Å². The van der Waals surface area contributed by atoms with Gasteiger partial charge in [-0.2, -0.15) is 0 Å². The maximum absolute atomic E-state index is 12.5. The zero-order valence-corrected chi connectivity index (χ0v) is 16.9. The van der Waals surface area contributed by atoms with Crippen LogP contribution in [0, 0.1) is 0 Å². The van der Waals surface area contributed by atoms with Gasteiger partial charge in [0.1, 0.15) is 0 Å². The Kier molecular flexibility index (Phi) is 5.01. The lowest BCUT2D eigenvalue weighted by atomic mass is 9.71. The molecule has 142 valence electrons. The molecule has 0 aromatic rings. The normalized spacial score (nSPS) is 30.8. The monoisotopic (exact) mass is 370 g/mol. The van der Waals surface area contributed by atoms with Gasteiger partial charge in [0.2, 0.25) is 0 Å². The number of hydrogen-bond acceptors (Lipinski definition) is 4. The van der Waals surface area contributed by atoms with Crippen LogP contribution in [-0.4, -0.2) is 64.1 Å². The average molecular weight is 370 g/mol. The second-order valence-corrected chi connectivity index (χ2v) is 10.5. The van der Waals surface area contributed by atoms with E-state index in [0.29, 0.717) is 19.6 Å². The van der Waals surface area contributed by atoms with E-state index in [4.69, 9.17) is 9.31 Å². The average Bonchev–Trinajstić information content (AvgIpc) is 3.00. The number of carbonyl (C=O) groups is 1. The fraction of sp³-hybridized carbons (Fsp3) is 0.941. The molecule has 3 aliphatic rings. The van der Waals surface area contributed by atoms with E-state index < -0.39 is 10.8 Å². The second kappa shape index (κ2) is 6.53. The molecule has 1 saturated carbocycles. The third kappa shape index (κ3) is 3.49. The highest BCUT2D eigenvalue weighted by atomic mass is 32.2. The molecule has 2 aliphatic heterocycles. The topological polar surface area (TPSA) is 67.9 Å². The summed E-state index contributed by atoms with van der Waals surface area (Å²) < 4.78 is 24.0. The SMILES string of the molecule is CS(=O)C1(CNC(=O)N2CCC(B3OC(C)(C)C(C)(C)O3)C2)CCC1. The number of carbonyl (C=O) groups excluding carboxylic acids is 1. The van der Waals surface area contributed by atoms with Crippen LogP contribution in [-0.2, 0) is 20.1 Å². The quantitative estimate of drug-likeness (QED) is 0.771. The number of likely N-dealkylation sites (tertiary alicyclic amines) is 1. The number of urea groups is 1. The summed E-state index contributed by atoms with van der Waals surface area (Å²) >= 11 is 0. The van der Waals surface area contributed by atoms with Crippen molar-refractivity contribution in [3.63, 3.8) is 0 Å². The predicted octanol–water partition coefficient (Wildman–Crippen LogP) is 2.17. The number of nitrogens with one attached hydrogen (secondary N) is 1. The molecule has 3 rings (SSSR count). The molecule has 3 fully saturated rings. The molecule has 0 bridgehead atoms. The molecule has 0 aromatic carbocycles. The molecule has 25 heavy (non-hydrogen) atoms. The van der Waals surface area contributed by atoms with E-state index in [1.54, 1.807) is 6.26 Å². The Bertz CT molecular complexity index is 549. The lowest BCUT2D eigenvalue weighted by molar-refractivity contribution is 0.00578. The van der Waals surface area contributed by atoms with Gasteiger partial charge in [-0.05, 0) is 47.0 Å². The van der Waals surface area contributed by atoms with Crippen molar-refractivity contribution in [3.05, 3.63) is 0 Å². The second-order valence-electron chi connectivity index (χ2n) is 8.77. The third-order valence-corrected chi connectivity index (χ3v) is 8.38. The first kappa shape index (κ1) is 19.2. The van der Waals surface area contributed by atoms with Gasteiger partial charge >= 0.3 is 13.1 Å². The van der Waals surface area contributed by atoms with Gasteiger partial charge in [-0.15, -0.1) is 0 Å². The molecule has 0 radical (unpaired) electrons. The van der Waals surface area contributed by atoms with Crippen LogP contribution >= 0.6 is 0 Å². The van der Waals surface area contributed by atoms with Crippen LogP contribution in [0.1, 0.15) is 53.4 Å². The molecule has 0 spiro atoms. The van der Waals surface area contributed by atoms with Crippen LogP contribution < -0.4 is 5.32 Å². The van der Waals surface area contributed by atoms with Crippen molar-refractivity contribution in [2.75, 3.05) is 25.9 Å². The zero-order valence-electron chi connectivity index (χ0n) is 16.1. The Labute approximate surface area is 154 Å². The fourth-order valence-electron chi connectivity index (χ4n) is 3.76. The lowest BCUT2D eigenvalue weighted by Gasteiger charge is -2.40. The smallest absolute Gasteiger partial charge is 0.403 e. The summed E-state index contributed by atoms with van der Waals surface area (Å²) in [6.07, 6.45) is 5.60. The number of nitrogens with zero attached hydrogens (tertiary/aromatic N) is 1. The van der Waals surface area contributed by atoms with Gasteiger partial charge in [0.15, 0.2) is 0 Å². The minimum Gasteiger partial charge on any atom is -0.403 e. The Morgan fingerprint density at radius 3 is 2.32 bits per heavy atom. The summed E-state index contributed by atoms with van der Waals surface area (Å²) in [5, 5.41) is 3.00. The summed E-state index contributed by atoms with van der Waals surface area (Å²) in [6, 6.07) is -0.0595. The first-order valence-corrected chi connectivity index (χ1v) is 10.8. The fourth-order valence-corrected chi connectivity index (χ4v) is 4.90. The highest BCUT2D eigenvalue weighted by Crippen LogP contribution is 2.42. The van der Waals surface area contributed by atoms with E-state index in [-0.39, 0.29) is 34.9 Å². The summed E-state index contributed by atoms with van der Waals surface area (Å²) in [5.41, 5.74) is -0.676. The largest absolute Gasteiger partial charge is 0.463 e. The summed E-state index contributed by atoms with van der Waals surface area (Å²) in [4.78, 5) is 14.3. The Balaban J connectivity index is 1.51. The van der Waals surface area contributed by atoms with Gasteiger partial charge in [0.25, 0.3) is 0 Å². The lowest BCUT2D eigenvalue weighted by Crippen LogP contribution is -2.53. The van der Waals surface area contributed by atoms with Crippen molar-refractivity contribution in [1.82, 2.24) is 10.2 Å². The van der Waals surface area contributed by atoms with Crippen molar-refractivity contribution < 1.29 is 18.3 Å². The number of hydrogen-bond donors (Lipinski definition) is 1. The summed E-state index contributed by atoms with van der Waals surface area (Å²) in [7, 11) is -1.16. The maximum Gasteiger partial charge on any atom is 0.463 e. The van der Waals surface area contributed by atoms with Crippen molar-refractivity contribution in [3.8, 4) is 0 Å². The Morgan fingerprint density at radius 2 is 1.84 bits per heavy atom. The molecule has 2 heterocycles. The Hall–Kier alpha value is -0.595. The molecule has 1 N–H and O–H groups in total. The molecule has 8 heteroatoms. The van der Waals surface area contributed by atoms with Gasteiger partial charge in [0, 0.05) is 42.5 Å². The molecule has 2 unspecified atom stereocenters. The zero-order chi connectivity index (χ0) is 18.5. The highest BCUT2D eigenvalue weighted by molar-refractivity contribution is 7.85. The number of rotatable bonds is 4. The van der Waals surface area contributed by atoms with Crippen LogP contribution in [0.4, 0.5) is 4.79 Å². The van der Waals surface area contributed by atoms with Crippen molar-refractivity contribution in [1.29, 1.82) is 0 Å². The van der Waals surface area contributed by atoms with Gasteiger partial charge in [0.05, 0.1) is 15.9 Å². The Morgan fingerprint density at radius 1 is 1.24 bits per heavy atom. The van der Waals surface area contributed by atoms with Crippen LogP contribution in [0.25, 0.3) is 0 Å². The molecule has 1 aliphatic carbocycles. The third-order valence-electron chi connectivity index (χ3n) is 6.60. The molecular formula is C17H31BN2O4S. The molecule has 6 nitrogen and oxygen atoms in total. The van der Waals surface area contributed by atoms with E-state index >= 15 is 0 Å². The molecular weight excluding hydrogens is 339 g/mol. The van der Waals surface area contributed by atoms with Crippen molar-refractivity contribution in [2.24, 2.45) is 0 Å². The van der Waals surface area contributed by atoms with Crippen molar-refractivity contribution >= 4 is 23.9 Å². The molecule has 2 amide bonds. The minimum atomic E-state index is -0.900. The van der Waals surface area contributed by atoms with E-state index in [2.05, 4.69) is 33.0 Å². The molecule has 2 saturated heterocycles. The predicted molar refractivity (Wildman–Crippen MR) is 100 cm³/mol.